The molecule has 168 valence electrons. The molecule has 8 nitrogen and oxygen atoms in total. The lowest BCUT2D eigenvalue weighted by molar-refractivity contribution is -0.124. The second-order valence-electron chi connectivity index (χ2n) is 7.01. The molecule has 0 aliphatic heterocycles. The van der Waals surface area contributed by atoms with Crippen LogP contribution in [0.4, 0.5) is 0 Å². The first-order valence-corrected chi connectivity index (χ1v) is 11.3. The van der Waals surface area contributed by atoms with E-state index in [9.17, 15) is 18.0 Å². The number of rotatable bonds is 8. The van der Waals surface area contributed by atoms with Gasteiger partial charge in [0.15, 0.2) is 6.61 Å². The van der Waals surface area contributed by atoms with Gasteiger partial charge in [-0.1, -0.05) is 42.5 Å². The highest BCUT2D eigenvalue weighted by Gasteiger charge is 2.21. The largest absolute Gasteiger partial charge is 0.495 e. The van der Waals surface area contributed by atoms with Crippen LogP contribution in [0.3, 0.4) is 0 Å². The van der Waals surface area contributed by atoms with Crippen molar-refractivity contribution < 1.29 is 27.5 Å². The molecule has 0 saturated carbocycles. The first-order chi connectivity index (χ1) is 15.3. The van der Waals surface area contributed by atoms with Gasteiger partial charge in [-0.2, -0.15) is 0 Å². The van der Waals surface area contributed by atoms with Crippen molar-refractivity contribution in [3.8, 4) is 5.75 Å². The van der Waals surface area contributed by atoms with Crippen LogP contribution in [-0.4, -0.2) is 41.1 Å². The van der Waals surface area contributed by atoms with Crippen LogP contribution >= 0.6 is 0 Å². The van der Waals surface area contributed by atoms with Crippen LogP contribution in [-0.2, 0) is 19.6 Å². The normalized spacial score (nSPS) is 12.2. The van der Waals surface area contributed by atoms with E-state index in [4.69, 9.17) is 9.47 Å². The van der Waals surface area contributed by atoms with Crippen molar-refractivity contribution in [2.75, 3.05) is 20.8 Å². The lowest BCUT2D eigenvalue weighted by atomic mass is 10.00. The van der Waals surface area contributed by atoms with Crippen LogP contribution in [0.5, 0.6) is 5.75 Å². The molecule has 1 unspecified atom stereocenters. The number of carbonyl (C=O) groups is 2. The molecule has 0 heterocycles. The molecule has 1 atom stereocenters. The Balaban J connectivity index is 1.67. The van der Waals surface area contributed by atoms with Crippen LogP contribution < -0.4 is 14.8 Å². The van der Waals surface area contributed by atoms with Gasteiger partial charge in [-0.25, -0.2) is 17.9 Å². The van der Waals surface area contributed by atoms with Crippen LogP contribution in [0.1, 0.15) is 28.9 Å². The van der Waals surface area contributed by atoms with E-state index in [1.54, 1.807) is 0 Å². The Morgan fingerprint density at radius 1 is 1.03 bits per heavy atom. The molecule has 3 rings (SSSR count). The van der Waals surface area contributed by atoms with Gasteiger partial charge in [0.1, 0.15) is 10.6 Å². The maximum atomic E-state index is 12.4. The minimum absolute atomic E-state index is 0.0190. The van der Waals surface area contributed by atoms with Gasteiger partial charge in [0.05, 0.1) is 18.7 Å². The van der Waals surface area contributed by atoms with E-state index in [0.717, 1.165) is 22.4 Å². The van der Waals surface area contributed by atoms with Gasteiger partial charge in [-0.15, -0.1) is 0 Å². The second-order valence-corrected chi connectivity index (χ2v) is 8.86. The molecule has 0 fully saturated rings. The highest BCUT2D eigenvalue weighted by molar-refractivity contribution is 7.89. The van der Waals surface area contributed by atoms with Crippen molar-refractivity contribution >= 4 is 32.7 Å². The van der Waals surface area contributed by atoms with Gasteiger partial charge < -0.3 is 14.8 Å². The second kappa shape index (κ2) is 9.80. The number of carbonyl (C=O) groups excluding carboxylic acids is 2. The van der Waals surface area contributed by atoms with E-state index in [2.05, 4.69) is 10.0 Å². The minimum Gasteiger partial charge on any atom is -0.495 e. The third-order valence-electron chi connectivity index (χ3n) is 4.96. The summed E-state index contributed by atoms with van der Waals surface area (Å²) in [7, 11) is -1.28. The number of methoxy groups -OCH3 is 1. The molecule has 32 heavy (non-hydrogen) atoms. The molecule has 0 aliphatic carbocycles. The quantitative estimate of drug-likeness (QED) is 0.505. The third-order valence-corrected chi connectivity index (χ3v) is 6.39. The summed E-state index contributed by atoms with van der Waals surface area (Å²) in [5.74, 6) is -1.22. The average molecular weight is 457 g/mol. The lowest BCUT2D eigenvalue weighted by Gasteiger charge is -2.17. The molecule has 2 N–H and O–H groups in total. The molecule has 0 bridgehead atoms. The molecule has 9 heteroatoms. The first-order valence-electron chi connectivity index (χ1n) is 9.82. The molecular weight excluding hydrogens is 432 g/mol. The first kappa shape index (κ1) is 23.2. The number of ether oxygens (including phenoxy) is 2. The van der Waals surface area contributed by atoms with E-state index in [1.165, 1.54) is 26.3 Å². The Morgan fingerprint density at radius 3 is 2.47 bits per heavy atom. The standard InChI is InChI=1S/C23H24N2O6S/c1-15(18-10-6-8-16-7-4-5-9-19(16)18)25-22(26)14-31-23(27)17-11-12-20(30-3)21(13-17)32(28,29)24-2/h4-13,15,24H,14H2,1-3H3,(H,25,26). The predicted molar refractivity (Wildman–Crippen MR) is 120 cm³/mol. The Bertz CT molecular complexity index is 1250. The zero-order valence-corrected chi connectivity index (χ0v) is 18.7. The Hall–Kier alpha value is -3.43. The predicted octanol–water partition coefficient (Wildman–Crippen LogP) is 2.79. The van der Waals surface area contributed by atoms with Crippen LogP contribution in [0.2, 0.25) is 0 Å². The fourth-order valence-electron chi connectivity index (χ4n) is 3.33. The number of amides is 1. The molecule has 1 amide bonds. The van der Waals surface area contributed by atoms with Crippen molar-refractivity contribution in [1.82, 2.24) is 10.0 Å². The van der Waals surface area contributed by atoms with Crippen LogP contribution in [0, 0.1) is 0 Å². The van der Waals surface area contributed by atoms with E-state index in [-0.39, 0.29) is 22.3 Å². The highest BCUT2D eigenvalue weighted by Crippen LogP contribution is 2.25. The third kappa shape index (κ3) is 5.06. The molecule has 3 aromatic carbocycles. The summed E-state index contributed by atoms with van der Waals surface area (Å²) in [6.45, 7) is 1.34. The summed E-state index contributed by atoms with van der Waals surface area (Å²) in [5, 5.41) is 4.90. The molecule has 0 aromatic heterocycles. The van der Waals surface area contributed by atoms with E-state index in [0.29, 0.717) is 0 Å². The van der Waals surface area contributed by atoms with E-state index in [1.807, 2.05) is 49.4 Å². The summed E-state index contributed by atoms with van der Waals surface area (Å²) in [4.78, 5) is 24.5. The highest BCUT2D eigenvalue weighted by atomic mass is 32.2. The van der Waals surface area contributed by atoms with Gasteiger partial charge >= 0.3 is 5.97 Å². The van der Waals surface area contributed by atoms with Gasteiger partial charge in [0, 0.05) is 0 Å². The summed E-state index contributed by atoms with van der Waals surface area (Å²) >= 11 is 0. The number of hydrogen-bond donors (Lipinski definition) is 2. The zero-order valence-electron chi connectivity index (χ0n) is 17.9. The average Bonchev–Trinajstić information content (AvgIpc) is 2.81. The summed E-state index contributed by atoms with van der Waals surface area (Å²) in [6.07, 6.45) is 0. The fourth-order valence-corrected chi connectivity index (χ4v) is 4.25. The van der Waals surface area contributed by atoms with Crippen LogP contribution in [0.25, 0.3) is 10.8 Å². The van der Waals surface area contributed by atoms with Crippen molar-refractivity contribution in [3.63, 3.8) is 0 Å². The number of benzene rings is 3. The summed E-state index contributed by atoms with van der Waals surface area (Å²) in [6, 6.07) is 17.2. The van der Waals surface area contributed by atoms with Gasteiger partial charge in [-0.3, -0.25) is 4.79 Å². The van der Waals surface area contributed by atoms with Crippen molar-refractivity contribution in [2.24, 2.45) is 0 Å². The molecule has 0 aliphatic rings. The zero-order chi connectivity index (χ0) is 23.3. The number of fused-ring (bicyclic) bond motifs is 1. The molecule has 3 aromatic rings. The van der Waals surface area contributed by atoms with Gasteiger partial charge in [0.25, 0.3) is 5.91 Å². The van der Waals surface area contributed by atoms with E-state index < -0.39 is 28.5 Å². The van der Waals surface area contributed by atoms with Crippen molar-refractivity contribution in [1.29, 1.82) is 0 Å². The van der Waals surface area contributed by atoms with Gasteiger partial charge in [0.2, 0.25) is 10.0 Å². The molecular formula is C23H24N2O6S. The van der Waals surface area contributed by atoms with Crippen molar-refractivity contribution in [3.05, 3.63) is 71.8 Å². The minimum atomic E-state index is -3.85. The Kier molecular flexibility index (Phi) is 7.12. The van der Waals surface area contributed by atoms with Crippen molar-refractivity contribution in [2.45, 2.75) is 17.9 Å². The lowest BCUT2D eigenvalue weighted by Crippen LogP contribution is -2.31. The topological polar surface area (TPSA) is 111 Å². The number of nitrogens with one attached hydrogen (secondary N) is 2. The van der Waals surface area contributed by atoms with Gasteiger partial charge in [-0.05, 0) is 48.5 Å². The summed E-state index contributed by atoms with van der Waals surface area (Å²) < 4.78 is 36.6. The Morgan fingerprint density at radius 2 is 1.75 bits per heavy atom. The van der Waals surface area contributed by atoms with E-state index >= 15 is 0 Å². The SMILES string of the molecule is CNS(=O)(=O)c1cc(C(=O)OCC(=O)NC(C)c2cccc3ccccc23)ccc1OC. The number of sulfonamides is 1. The van der Waals surface area contributed by atoms with Crippen LogP contribution in [0.15, 0.2) is 65.6 Å². The number of hydrogen-bond acceptors (Lipinski definition) is 6. The molecule has 0 spiro atoms. The monoisotopic (exact) mass is 456 g/mol. The fraction of sp³-hybridized carbons (Fsp3) is 0.217. The molecule has 0 radical (unpaired) electrons. The maximum Gasteiger partial charge on any atom is 0.338 e. The maximum absolute atomic E-state index is 12.4. The molecule has 0 saturated heterocycles. The smallest absolute Gasteiger partial charge is 0.338 e. The number of esters is 1. The Labute approximate surface area is 186 Å². The summed E-state index contributed by atoms with van der Waals surface area (Å²) in [5.41, 5.74) is 0.925.